The number of methoxy groups -OCH3 is 1. The Hall–Kier alpha value is -3.02. The number of likely N-dealkylation sites (tertiary alicyclic amines) is 1. The molecule has 0 radical (unpaired) electrons. The number of rotatable bonds is 6. The minimum Gasteiger partial charge on any atom is -0.504 e. The molecule has 3 aromatic rings. The second kappa shape index (κ2) is 10.1. The van der Waals surface area contributed by atoms with Crippen LogP contribution in [0, 0.1) is 5.92 Å². The number of amides is 1. The maximum atomic E-state index is 12.9. The quantitative estimate of drug-likeness (QED) is 0.515. The van der Waals surface area contributed by atoms with Crippen LogP contribution in [0.5, 0.6) is 11.5 Å². The second-order valence-corrected chi connectivity index (χ2v) is 8.57. The number of phenols is 1. The summed E-state index contributed by atoms with van der Waals surface area (Å²) in [5.74, 6) is 0.683. The van der Waals surface area contributed by atoms with Crippen molar-refractivity contribution in [3.63, 3.8) is 0 Å². The number of ether oxygens (including phenoxy) is 1. The zero-order chi connectivity index (χ0) is 22.5. The molecular weight excluding hydrogens is 424 g/mol. The molecule has 4 rings (SSSR count). The van der Waals surface area contributed by atoms with Gasteiger partial charge < -0.3 is 15.2 Å². The Labute approximate surface area is 193 Å². The molecule has 1 fully saturated rings. The second-order valence-electron chi connectivity index (χ2n) is 8.14. The van der Waals surface area contributed by atoms with Gasteiger partial charge in [-0.15, -0.1) is 0 Å². The van der Waals surface area contributed by atoms with E-state index in [1.54, 1.807) is 12.1 Å². The van der Waals surface area contributed by atoms with Crippen molar-refractivity contribution in [2.24, 2.45) is 5.92 Å². The lowest BCUT2D eigenvalue weighted by Crippen LogP contribution is -2.37. The van der Waals surface area contributed by atoms with Gasteiger partial charge in [-0.25, -0.2) is 0 Å². The summed E-state index contributed by atoms with van der Waals surface area (Å²) >= 11 is 6.11. The van der Waals surface area contributed by atoms with Crippen LogP contribution in [0.2, 0.25) is 5.02 Å². The van der Waals surface area contributed by atoms with E-state index in [2.05, 4.69) is 10.2 Å². The van der Waals surface area contributed by atoms with Gasteiger partial charge in [0.2, 0.25) is 5.91 Å². The summed E-state index contributed by atoms with van der Waals surface area (Å²) in [4.78, 5) is 15.2. The third-order valence-electron chi connectivity index (χ3n) is 5.90. The molecule has 1 aliphatic rings. The highest BCUT2D eigenvalue weighted by molar-refractivity contribution is 6.30. The number of nitrogens with zero attached hydrogens (tertiary/aromatic N) is 1. The molecule has 32 heavy (non-hydrogen) atoms. The van der Waals surface area contributed by atoms with Crippen LogP contribution in [0.1, 0.15) is 18.4 Å². The van der Waals surface area contributed by atoms with Crippen LogP contribution in [0.3, 0.4) is 0 Å². The first-order valence-electron chi connectivity index (χ1n) is 10.8. The highest BCUT2D eigenvalue weighted by Crippen LogP contribution is 2.29. The molecule has 6 heteroatoms. The highest BCUT2D eigenvalue weighted by atomic mass is 35.5. The Morgan fingerprint density at radius 2 is 1.78 bits per heavy atom. The van der Waals surface area contributed by atoms with Crippen LogP contribution < -0.4 is 10.1 Å². The molecule has 1 amide bonds. The normalized spacial score (nSPS) is 14.8. The maximum absolute atomic E-state index is 12.9. The van der Waals surface area contributed by atoms with Crippen molar-refractivity contribution in [3.05, 3.63) is 77.3 Å². The van der Waals surface area contributed by atoms with Crippen molar-refractivity contribution in [3.8, 4) is 22.6 Å². The number of anilines is 1. The third kappa shape index (κ3) is 5.42. The van der Waals surface area contributed by atoms with E-state index in [1.165, 1.54) is 7.11 Å². The molecule has 0 atom stereocenters. The summed E-state index contributed by atoms with van der Waals surface area (Å²) in [5.41, 5.74) is 3.86. The van der Waals surface area contributed by atoms with Gasteiger partial charge in [0.1, 0.15) is 0 Å². The standard InChI is InChI=1S/C26H27ClN2O3/c1-32-25-9-8-18(14-24(25)30)17-29-12-10-19(11-13-29)26(31)28-23-7-3-5-21(16-23)20-4-2-6-22(27)15-20/h2-9,14-16,19,30H,10-13,17H2,1H3,(H,28,31). The van der Waals surface area contributed by atoms with Crippen molar-refractivity contribution in [1.29, 1.82) is 0 Å². The van der Waals surface area contributed by atoms with Crippen LogP contribution >= 0.6 is 11.6 Å². The van der Waals surface area contributed by atoms with E-state index in [0.717, 1.165) is 54.9 Å². The molecule has 3 aromatic carbocycles. The summed E-state index contributed by atoms with van der Waals surface area (Å²) in [7, 11) is 1.54. The summed E-state index contributed by atoms with van der Waals surface area (Å²) in [6.45, 7) is 2.43. The van der Waals surface area contributed by atoms with Crippen molar-refractivity contribution in [2.45, 2.75) is 19.4 Å². The van der Waals surface area contributed by atoms with Crippen LogP contribution in [0.4, 0.5) is 5.69 Å². The first-order valence-corrected chi connectivity index (χ1v) is 11.1. The van der Waals surface area contributed by atoms with Crippen molar-refractivity contribution in [2.75, 3.05) is 25.5 Å². The van der Waals surface area contributed by atoms with Gasteiger partial charge in [-0.3, -0.25) is 9.69 Å². The highest BCUT2D eigenvalue weighted by Gasteiger charge is 2.25. The first kappa shape index (κ1) is 22.2. The molecule has 1 aliphatic heterocycles. The van der Waals surface area contributed by atoms with Gasteiger partial charge in [-0.2, -0.15) is 0 Å². The van der Waals surface area contributed by atoms with Gasteiger partial charge >= 0.3 is 0 Å². The molecule has 0 aliphatic carbocycles. The van der Waals surface area contributed by atoms with Crippen LogP contribution in [-0.4, -0.2) is 36.1 Å². The van der Waals surface area contributed by atoms with E-state index in [4.69, 9.17) is 16.3 Å². The smallest absolute Gasteiger partial charge is 0.227 e. The number of benzene rings is 3. The first-order chi connectivity index (χ1) is 15.5. The monoisotopic (exact) mass is 450 g/mol. The molecule has 2 N–H and O–H groups in total. The molecule has 0 bridgehead atoms. The summed E-state index contributed by atoms with van der Waals surface area (Å²) in [5, 5.41) is 13.8. The number of hydrogen-bond donors (Lipinski definition) is 2. The number of piperidine rings is 1. The number of aromatic hydroxyl groups is 1. The lowest BCUT2D eigenvalue weighted by atomic mass is 9.95. The average Bonchev–Trinajstić information content (AvgIpc) is 2.80. The molecule has 5 nitrogen and oxygen atoms in total. The lowest BCUT2D eigenvalue weighted by molar-refractivity contribution is -0.121. The van der Waals surface area contributed by atoms with Crippen molar-refractivity contribution >= 4 is 23.2 Å². The number of halogens is 1. The fraction of sp³-hybridized carbons (Fsp3) is 0.269. The Morgan fingerprint density at radius 3 is 2.47 bits per heavy atom. The molecule has 0 aromatic heterocycles. The van der Waals surface area contributed by atoms with Crippen LogP contribution in [-0.2, 0) is 11.3 Å². The van der Waals surface area contributed by atoms with Gasteiger partial charge in [-0.1, -0.05) is 41.9 Å². The zero-order valence-electron chi connectivity index (χ0n) is 18.1. The number of carbonyl (C=O) groups is 1. The van der Waals surface area contributed by atoms with Crippen molar-refractivity contribution in [1.82, 2.24) is 4.90 Å². The Bertz CT molecular complexity index is 1090. The molecule has 0 unspecified atom stereocenters. The number of nitrogens with one attached hydrogen (secondary N) is 1. The summed E-state index contributed by atoms with van der Waals surface area (Å²) < 4.78 is 5.10. The van der Waals surface area contributed by atoms with E-state index in [1.807, 2.05) is 54.6 Å². The van der Waals surface area contributed by atoms with Gasteiger partial charge in [0, 0.05) is 23.2 Å². The number of phenolic OH excluding ortho intramolecular Hbond substituents is 1. The van der Waals surface area contributed by atoms with E-state index in [9.17, 15) is 9.90 Å². The largest absolute Gasteiger partial charge is 0.504 e. The minimum atomic E-state index is -0.00894. The topological polar surface area (TPSA) is 61.8 Å². The van der Waals surface area contributed by atoms with E-state index >= 15 is 0 Å². The Morgan fingerprint density at radius 1 is 1.06 bits per heavy atom. The third-order valence-corrected chi connectivity index (χ3v) is 6.13. The Balaban J connectivity index is 1.32. The van der Waals surface area contributed by atoms with Crippen molar-refractivity contribution < 1.29 is 14.6 Å². The summed E-state index contributed by atoms with van der Waals surface area (Å²) in [6, 6.07) is 21.0. The van der Waals surface area contributed by atoms with Crippen LogP contribution in [0.15, 0.2) is 66.7 Å². The van der Waals surface area contributed by atoms with Crippen LogP contribution in [0.25, 0.3) is 11.1 Å². The fourth-order valence-corrected chi connectivity index (χ4v) is 4.32. The molecular formula is C26H27ClN2O3. The SMILES string of the molecule is COc1ccc(CN2CCC(C(=O)Nc3cccc(-c4cccc(Cl)c4)c3)CC2)cc1O. The zero-order valence-corrected chi connectivity index (χ0v) is 18.8. The Kier molecular flexibility index (Phi) is 6.98. The molecule has 1 saturated heterocycles. The predicted molar refractivity (Wildman–Crippen MR) is 128 cm³/mol. The van der Waals surface area contributed by atoms with E-state index < -0.39 is 0 Å². The van der Waals surface area contributed by atoms with E-state index in [-0.39, 0.29) is 17.6 Å². The number of hydrogen-bond acceptors (Lipinski definition) is 4. The van der Waals surface area contributed by atoms with Gasteiger partial charge in [0.15, 0.2) is 11.5 Å². The molecule has 0 spiro atoms. The molecule has 1 heterocycles. The maximum Gasteiger partial charge on any atom is 0.227 e. The van der Waals surface area contributed by atoms with Gasteiger partial charge in [0.25, 0.3) is 0 Å². The van der Waals surface area contributed by atoms with Gasteiger partial charge in [-0.05, 0) is 79.0 Å². The number of carbonyl (C=O) groups excluding carboxylic acids is 1. The predicted octanol–water partition coefficient (Wildman–Crippen LogP) is 5.57. The minimum absolute atomic E-state index is 0.00894. The lowest BCUT2D eigenvalue weighted by Gasteiger charge is -2.31. The summed E-state index contributed by atoms with van der Waals surface area (Å²) in [6.07, 6.45) is 1.61. The average molecular weight is 451 g/mol. The molecule has 0 saturated carbocycles. The van der Waals surface area contributed by atoms with Gasteiger partial charge in [0.05, 0.1) is 7.11 Å². The fourth-order valence-electron chi connectivity index (χ4n) is 4.13. The molecule has 166 valence electrons. The van der Waals surface area contributed by atoms with E-state index in [0.29, 0.717) is 10.8 Å².